The molecule has 0 fully saturated rings. The molecule has 1 rings (SSSR count). The van der Waals surface area contributed by atoms with Gasteiger partial charge in [-0.2, -0.15) is 0 Å². The molecule has 0 spiro atoms. The molecule has 0 bridgehead atoms. The summed E-state index contributed by atoms with van der Waals surface area (Å²) in [5.74, 6) is 0.625. The van der Waals surface area contributed by atoms with Crippen molar-refractivity contribution < 1.29 is 0 Å². The molecular weight excluding hydrogens is 138 g/mol. The van der Waals surface area contributed by atoms with E-state index in [1.807, 2.05) is 6.92 Å². The zero-order valence-corrected chi connectivity index (χ0v) is 6.49. The third-order valence-corrected chi connectivity index (χ3v) is 1.39. The van der Waals surface area contributed by atoms with Crippen molar-refractivity contribution in [1.29, 1.82) is 0 Å². The Labute approximate surface area is 66.0 Å². The minimum atomic E-state index is -0.240. The Morgan fingerprint density at radius 3 is 2.55 bits per heavy atom. The lowest BCUT2D eigenvalue weighted by molar-refractivity contribution is 0.766. The van der Waals surface area contributed by atoms with Gasteiger partial charge in [0, 0.05) is 12.4 Å². The third kappa shape index (κ3) is 1.85. The van der Waals surface area contributed by atoms with E-state index in [0.29, 0.717) is 5.82 Å². The average Bonchev–Trinajstić information content (AvgIpc) is 2.05. The molecule has 3 heteroatoms. The first kappa shape index (κ1) is 7.88. The van der Waals surface area contributed by atoms with Gasteiger partial charge in [0.25, 0.3) is 0 Å². The lowest BCUT2D eigenvalue weighted by Crippen LogP contribution is -2.14. The van der Waals surface area contributed by atoms with Crippen LogP contribution in [0.15, 0.2) is 30.6 Å². The first-order valence-corrected chi connectivity index (χ1v) is 3.39. The van der Waals surface area contributed by atoms with Gasteiger partial charge in [-0.3, -0.25) is 0 Å². The van der Waals surface area contributed by atoms with E-state index >= 15 is 0 Å². The van der Waals surface area contributed by atoms with Gasteiger partial charge < -0.3 is 5.73 Å². The molecule has 0 aliphatic heterocycles. The highest BCUT2D eigenvalue weighted by Gasteiger charge is 2.07. The smallest absolute Gasteiger partial charge is 0.149 e. The van der Waals surface area contributed by atoms with Crippen LogP contribution >= 0.6 is 0 Å². The number of aromatic nitrogens is 2. The molecule has 11 heavy (non-hydrogen) atoms. The van der Waals surface area contributed by atoms with E-state index in [0.717, 1.165) is 5.57 Å². The van der Waals surface area contributed by atoms with Crippen LogP contribution in [-0.2, 0) is 0 Å². The summed E-state index contributed by atoms with van der Waals surface area (Å²) in [5.41, 5.74) is 6.58. The zero-order valence-electron chi connectivity index (χ0n) is 6.49. The van der Waals surface area contributed by atoms with Crippen LogP contribution < -0.4 is 5.73 Å². The molecule has 2 N–H and O–H groups in total. The molecule has 0 aliphatic carbocycles. The van der Waals surface area contributed by atoms with E-state index in [2.05, 4.69) is 16.5 Å². The van der Waals surface area contributed by atoms with Gasteiger partial charge >= 0.3 is 0 Å². The van der Waals surface area contributed by atoms with E-state index in [4.69, 9.17) is 5.73 Å². The van der Waals surface area contributed by atoms with Gasteiger partial charge in [0.15, 0.2) is 0 Å². The highest BCUT2D eigenvalue weighted by molar-refractivity contribution is 5.10. The molecule has 1 aromatic heterocycles. The summed E-state index contributed by atoms with van der Waals surface area (Å²) in [7, 11) is 0. The fourth-order valence-electron chi connectivity index (χ4n) is 0.692. The highest BCUT2D eigenvalue weighted by atomic mass is 14.9. The molecule has 0 aromatic carbocycles. The van der Waals surface area contributed by atoms with E-state index in [-0.39, 0.29) is 6.04 Å². The largest absolute Gasteiger partial charge is 0.318 e. The number of hydrogen-bond acceptors (Lipinski definition) is 3. The van der Waals surface area contributed by atoms with Crippen LogP contribution in [0.5, 0.6) is 0 Å². The topological polar surface area (TPSA) is 51.8 Å². The summed E-state index contributed by atoms with van der Waals surface area (Å²) in [6.07, 6.45) is 3.34. The Hall–Kier alpha value is -1.22. The van der Waals surface area contributed by atoms with Crippen LogP contribution in [0.3, 0.4) is 0 Å². The van der Waals surface area contributed by atoms with E-state index < -0.39 is 0 Å². The summed E-state index contributed by atoms with van der Waals surface area (Å²) in [6.45, 7) is 5.59. The first-order valence-electron chi connectivity index (χ1n) is 3.39. The number of hydrogen-bond donors (Lipinski definition) is 1. The summed E-state index contributed by atoms with van der Waals surface area (Å²) in [6, 6.07) is 1.52. The van der Waals surface area contributed by atoms with Crippen molar-refractivity contribution in [3.05, 3.63) is 36.4 Å². The Balaban J connectivity index is 2.85. The summed E-state index contributed by atoms with van der Waals surface area (Å²) >= 11 is 0. The fraction of sp³-hybridized carbons (Fsp3) is 0.250. The number of rotatable bonds is 2. The Morgan fingerprint density at radius 2 is 2.09 bits per heavy atom. The molecule has 58 valence electrons. The maximum atomic E-state index is 5.71. The predicted molar refractivity (Wildman–Crippen MR) is 43.8 cm³/mol. The normalized spacial score (nSPS) is 12.5. The van der Waals surface area contributed by atoms with Gasteiger partial charge in [-0.15, -0.1) is 0 Å². The Bertz CT molecular complexity index is 243. The van der Waals surface area contributed by atoms with Crippen molar-refractivity contribution in [3.8, 4) is 0 Å². The van der Waals surface area contributed by atoms with Gasteiger partial charge in [0.2, 0.25) is 0 Å². The van der Waals surface area contributed by atoms with Crippen molar-refractivity contribution in [1.82, 2.24) is 9.97 Å². The minimum Gasteiger partial charge on any atom is -0.318 e. The zero-order chi connectivity index (χ0) is 8.27. The third-order valence-electron chi connectivity index (χ3n) is 1.39. The lowest BCUT2D eigenvalue weighted by atomic mass is 10.1. The molecule has 0 aliphatic rings. The van der Waals surface area contributed by atoms with Crippen LogP contribution in [0.4, 0.5) is 0 Å². The van der Waals surface area contributed by atoms with Crippen molar-refractivity contribution in [2.45, 2.75) is 13.0 Å². The standard InChI is InChI=1S/C8H11N3/c1-6(2)7(9)8-10-4-3-5-11-8/h3-5,7H,1,9H2,2H3. The second-order valence-corrected chi connectivity index (χ2v) is 2.43. The summed E-state index contributed by atoms with van der Waals surface area (Å²) in [4.78, 5) is 8.01. The lowest BCUT2D eigenvalue weighted by Gasteiger charge is -2.07. The van der Waals surface area contributed by atoms with Crippen LogP contribution in [0.25, 0.3) is 0 Å². The molecule has 0 radical (unpaired) electrons. The van der Waals surface area contributed by atoms with Crippen LogP contribution in [0, 0.1) is 0 Å². The molecule has 1 unspecified atom stereocenters. The SMILES string of the molecule is C=C(C)C(N)c1ncccn1. The average molecular weight is 149 g/mol. The van der Waals surface area contributed by atoms with Crippen LogP contribution in [0.1, 0.15) is 18.8 Å². The Morgan fingerprint density at radius 1 is 1.55 bits per heavy atom. The van der Waals surface area contributed by atoms with Crippen molar-refractivity contribution in [2.24, 2.45) is 5.73 Å². The molecule has 0 amide bonds. The quantitative estimate of drug-likeness (QED) is 0.639. The first-order chi connectivity index (χ1) is 5.22. The monoisotopic (exact) mass is 149 g/mol. The predicted octanol–water partition coefficient (Wildman–Crippen LogP) is 1.05. The van der Waals surface area contributed by atoms with Gasteiger partial charge in [-0.25, -0.2) is 9.97 Å². The van der Waals surface area contributed by atoms with Crippen LogP contribution in [0.2, 0.25) is 0 Å². The Kier molecular flexibility index (Phi) is 2.33. The second-order valence-electron chi connectivity index (χ2n) is 2.43. The molecule has 1 aromatic rings. The van der Waals surface area contributed by atoms with Crippen molar-refractivity contribution >= 4 is 0 Å². The van der Waals surface area contributed by atoms with E-state index in [9.17, 15) is 0 Å². The summed E-state index contributed by atoms with van der Waals surface area (Å²) in [5, 5.41) is 0. The van der Waals surface area contributed by atoms with Gasteiger partial charge in [-0.05, 0) is 13.0 Å². The molecule has 0 saturated carbocycles. The van der Waals surface area contributed by atoms with E-state index in [1.165, 1.54) is 0 Å². The number of nitrogens with two attached hydrogens (primary N) is 1. The van der Waals surface area contributed by atoms with Gasteiger partial charge in [0.1, 0.15) is 5.82 Å². The maximum Gasteiger partial charge on any atom is 0.149 e. The van der Waals surface area contributed by atoms with Crippen molar-refractivity contribution in [3.63, 3.8) is 0 Å². The molecule has 1 heterocycles. The fourth-order valence-corrected chi connectivity index (χ4v) is 0.692. The molecule has 1 atom stereocenters. The van der Waals surface area contributed by atoms with Crippen molar-refractivity contribution in [2.75, 3.05) is 0 Å². The van der Waals surface area contributed by atoms with Crippen LogP contribution in [-0.4, -0.2) is 9.97 Å². The second kappa shape index (κ2) is 3.25. The van der Waals surface area contributed by atoms with Gasteiger partial charge in [-0.1, -0.05) is 12.2 Å². The highest BCUT2D eigenvalue weighted by Crippen LogP contribution is 2.10. The molecular formula is C8H11N3. The maximum absolute atomic E-state index is 5.71. The molecule has 3 nitrogen and oxygen atoms in total. The minimum absolute atomic E-state index is 0.240. The summed E-state index contributed by atoms with van der Waals surface area (Å²) < 4.78 is 0. The molecule has 0 saturated heterocycles. The van der Waals surface area contributed by atoms with Gasteiger partial charge in [0.05, 0.1) is 6.04 Å². The van der Waals surface area contributed by atoms with E-state index in [1.54, 1.807) is 18.5 Å². The number of nitrogens with zero attached hydrogens (tertiary/aromatic N) is 2.